The van der Waals surface area contributed by atoms with Crippen LogP contribution in [0.1, 0.15) is 15.9 Å². The number of benzene rings is 1. The lowest BCUT2D eigenvalue weighted by molar-refractivity contribution is 0.0995. The van der Waals surface area contributed by atoms with Gasteiger partial charge in [0, 0.05) is 12.6 Å². The summed E-state index contributed by atoms with van der Waals surface area (Å²) < 4.78 is 2.54. The van der Waals surface area contributed by atoms with Gasteiger partial charge in [-0.3, -0.25) is 14.4 Å². The number of hydrogen-bond donors (Lipinski definition) is 0. The molecule has 0 saturated carbocycles. The monoisotopic (exact) mass is 291 g/mol. The van der Waals surface area contributed by atoms with Crippen molar-refractivity contribution < 1.29 is 4.79 Å². The summed E-state index contributed by atoms with van der Waals surface area (Å²) in [6, 6.07) is 7.69. The maximum Gasteiger partial charge on any atom is 0.260 e. The van der Waals surface area contributed by atoms with Crippen LogP contribution >= 0.6 is 15.9 Å². The van der Waals surface area contributed by atoms with E-state index < -0.39 is 0 Å². The predicted octanol–water partition coefficient (Wildman–Crippen LogP) is 2.34. The Bertz CT molecular complexity index is 586. The van der Waals surface area contributed by atoms with Crippen LogP contribution in [0.15, 0.2) is 34.9 Å². The molecule has 2 heterocycles. The van der Waals surface area contributed by atoms with Gasteiger partial charge in [-0.15, -0.1) is 0 Å². The molecule has 4 nitrogen and oxygen atoms in total. The van der Waals surface area contributed by atoms with Gasteiger partial charge in [0.1, 0.15) is 5.82 Å². The summed E-state index contributed by atoms with van der Waals surface area (Å²) in [5.74, 6) is 0.830. The minimum absolute atomic E-state index is 0.0323. The van der Waals surface area contributed by atoms with Crippen LogP contribution in [0, 0.1) is 0 Å². The Kier molecular flexibility index (Phi) is 2.29. The first-order chi connectivity index (χ1) is 8.18. The Morgan fingerprint density at radius 3 is 2.76 bits per heavy atom. The van der Waals surface area contributed by atoms with Crippen molar-refractivity contribution in [3.63, 3.8) is 0 Å². The van der Waals surface area contributed by atoms with Gasteiger partial charge in [-0.25, -0.2) is 0 Å². The number of fused-ring (bicyclic) bond motifs is 1. The van der Waals surface area contributed by atoms with Crippen LogP contribution in [0.25, 0.3) is 0 Å². The summed E-state index contributed by atoms with van der Waals surface area (Å²) in [4.78, 5) is 14.0. The summed E-state index contributed by atoms with van der Waals surface area (Å²) in [5, 5.41) is 4.13. The molecule has 17 heavy (non-hydrogen) atoms. The molecular weight excluding hydrogens is 282 g/mol. The standard InChI is InChI=1S/C12H10BrN3O/c1-15-11(10(13)6-14-15)16-7-8-4-2-3-5-9(8)12(16)17/h2-6H,7H2,1H3. The van der Waals surface area contributed by atoms with E-state index >= 15 is 0 Å². The molecule has 3 rings (SSSR count). The number of anilines is 1. The molecule has 86 valence electrons. The minimum Gasteiger partial charge on any atom is -0.287 e. The van der Waals surface area contributed by atoms with Gasteiger partial charge in [0.25, 0.3) is 5.91 Å². The number of halogens is 1. The third-order valence-corrected chi connectivity index (χ3v) is 3.50. The Labute approximate surface area is 107 Å². The van der Waals surface area contributed by atoms with Gasteiger partial charge in [0.15, 0.2) is 0 Å². The van der Waals surface area contributed by atoms with Gasteiger partial charge >= 0.3 is 0 Å². The quantitative estimate of drug-likeness (QED) is 0.809. The normalized spacial score (nSPS) is 14.2. The Morgan fingerprint density at radius 2 is 2.12 bits per heavy atom. The van der Waals surface area contributed by atoms with E-state index in [1.165, 1.54) is 0 Å². The van der Waals surface area contributed by atoms with E-state index in [0.717, 1.165) is 21.4 Å². The molecular formula is C12H10BrN3O. The van der Waals surface area contributed by atoms with Gasteiger partial charge < -0.3 is 0 Å². The Balaban J connectivity index is 2.08. The molecule has 0 N–H and O–H groups in total. The zero-order valence-corrected chi connectivity index (χ0v) is 10.8. The van der Waals surface area contributed by atoms with Crippen molar-refractivity contribution in [3.05, 3.63) is 46.1 Å². The van der Waals surface area contributed by atoms with Crippen LogP contribution in [-0.2, 0) is 13.6 Å². The van der Waals surface area contributed by atoms with Crippen molar-refractivity contribution in [1.82, 2.24) is 9.78 Å². The van der Waals surface area contributed by atoms with Crippen molar-refractivity contribution >= 4 is 27.7 Å². The molecule has 1 aliphatic heterocycles. The van der Waals surface area contributed by atoms with E-state index in [0.29, 0.717) is 6.54 Å². The first-order valence-electron chi connectivity index (χ1n) is 5.26. The number of nitrogens with zero attached hydrogens (tertiary/aromatic N) is 3. The second-order valence-electron chi connectivity index (χ2n) is 3.99. The van der Waals surface area contributed by atoms with Crippen LogP contribution in [0.4, 0.5) is 5.82 Å². The topological polar surface area (TPSA) is 38.1 Å². The number of aryl methyl sites for hydroxylation is 1. The minimum atomic E-state index is 0.0323. The fourth-order valence-electron chi connectivity index (χ4n) is 2.13. The molecule has 1 amide bonds. The largest absolute Gasteiger partial charge is 0.287 e. The molecule has 5 heteroatoms. The molecule has 0 bridgehead atoms. The zero-order chi connectivity index (χ0) is 12.0. The lowest BCUT2D eigenvalue weighted by Crippen LogP contribution is -2.25. The maximum absolute atomic E-state index is 12.3. The zero-order valence-electron chi connectivity index (χ0n) is 9.22. The van der Waals surface area contributed by atoms with E-state index in [1.54, 1.807) is 15.8 Å². The average Bonchev–Trinajstić information content (AvgIpc) is 2.82. The van der Waals surface area contributed by atoms with Gasteiger partial charge in [-0.1, -0.05) is 18.2 Å². The van der Waals surface area contributed by atoms with Crippen molar-refractivity contribution in [3.8, 4) is 0 Å². The molecule has 1 aromatic carbocycles. The molecule has 1 aliphatic rings. The molecule has 2 aromatic rings. The third-order valence-electron chi connectivity index (χ3n) is 2.94. The highest BCUT2D eigenvalue weighted by Gasteiger charge is 2.30. The summed E-state index contributed by atoms with van der Waals surface area (Å²) in [5.41, 5.74) is 1.84. The van der Waals surface area contributed by atoms with E-state index in [-0.39, 0.29) is 5.91 Å². The van der Waals surface area contributed by atoms with Crippen LogP contribution in [-0.4, -0.2) is 15.7 Å². The summed E-state index contributed by atoms with van der Waals surface area (Å²) in [7, 11) is 1.83. The number of amides is 1. The van der Waals surface area contributed by atoms with E-state index in [4.69, 9.17) is 0 Å². The SMILES string of the molecule is Cn1ncc(Br)c1N1Cc2ccccc2C1=O. The lowest BCUT2D eigenvalue weighted by atomic mass is 10.1. The first kappa shape index (κ1) is 10.5. The molecule has 0 spiro atoms. The van der Waals surface area contributed by atoms with Gasteiger partial charge in [0.05, 0.1) is 17.2 Å². The summed E-state index contributed by atoms with van der Waals surface area (Å²) in [6.45, 7) is 0.604. The lowest BCUT2D eigenvalue weighted by Gasteiger charge is -2.16. The molecule has 1 aromatic heterocycles. The molecule has 0 radical (unpaired) electrons. The van der Waals surface area contributed by atoms with Gasteiger partial charge in [-0.05, 0) is 27.6 Å². The Morgan fingerprint density at radius 1 is 1.35 bits per heavy atom. The van der Waals surface area contributed by atoms with Gasteiger partial charge in [-0.2, -0.15) is 5.10 Å². The van der Waals surface area contributed by atoms with Crippen molar-refractivity contribution in [1.29, 1.82) is 0 Å². The fourth-order valence-corrected chi connectivity index (χ4v) is 2.70. The second kappa shape index (κ2) is 3.70. The number of hydrogen-bond acceptors (Lipinski definition) is 2. The van der Waals surface area contributed by atoms with E-state index in [9.17, 15) is 4.79 Å². The van der Waals surface area contributed by atoms with Crippen molar-refractivity contribution in [2.75, 3.05) is 4.90 Å². The number of aromatic nitrogens is 2. The highest BCUT2D eigenvalue weighted by atomic mass is 79.9. The van der Waals surface area contributed by atoms with Crippen LogP contribution in [0.5, 0.6) is 0 Å². The molecule has 0 unspecified atom stereocenters. The second-order valence-corrected chi connectivity index (χ2v) is 4.84. The number of rotatable bonds is 1. The highest BCUT2D eigenvalue weighted by Crippen LogP contribution is 2.32. The average molecular weight is 292 g/mol. The van der Waals surface area contributed by atoms with Crippen molar-refractivity contribution in [2.45, 2.75) is 6.54 Å². The van der Waals surface area contributed by atoms with Crippen LogP contribution in [0.3, 0.4) is 0 Å². The molecule has 0 aliphatic carbocycles. The van der Waals surface area contributed by atoms with Crippen LogP contribution in [0.2, 0.25) is 0 Å². The smallest absolute Gasteiger partial charge is 0.260 e. The fraction of sp³-hybridized carbons (Fsp3) is 0.167. The predicted molar refractivity (Wildman–Crippen MR) is 67.9 cm³/mol. The number of carbonyl (C=O) groups excluding carboxylic acids is 1. The highest BCUT2D eigenvalue weighted by molar-refractivity contribution is 9.10. The number of carbonyl (C=O) groups is 1. The summed E-state index contributed by atoms with van der Waals surface area (Å²) in [6.07, 6.45) is 1.70. The third kappa shape index (κ3) is 1.50. The molecule has 0 saturated heterocycles. The van der Waals surface area contributed by atoms with E-state index in [2.05, 4.69) is 21.0 Å². The maximum atomic E-state index is 12.3. The van der Waals surface area contributed by atoms with Crippen molar-refractivity contribution in [2.24, 2.45) is 7.05 Å². The first-order valence-corrected chi connectivity index (χ1v) is 6.05. The summed E-state index contributed by atoms with van der Waals surface area (Å²) >= 11 is 3.42. The Hall–Kier alpha value is -1.62. The molecule has 0 atom stereocenters. The van der Waals surface area contributed by atoms with Crippen LogP contribution < -0.4 is 4.90 Å². The van der Waals surface area contributed by atoms with E-state index in [1.807, 2.05) is 31.3 Å². The van der Waals surface area contributed by atoms with Gasteiger partial charge in [0.2, 0.25) is 0 Å². The molecule has 0 fully saturated rings.